The second kappa shape index (κ2) is 17.1. The fourth-order valence-corrected chi connectivity index (χ4v) is 4.93. The van der Waals surface area contributed by atoms with Gasteiger partial charge in [0.05, 0.1) is 0 Å². The van der Waals surface area contributed by atoms with Crippen LogP contribution >= 0.6 is 0 Å². The minimum atomic E-state index is -0.525. The molecule has 1 aromatic rings. The van der Waals surface area contributed by atoms with E-state index in [1.54, 1.807) is 21.9 Å². The highest BCUT2D eigenvalue weighted by Gasteiger charge is 2.40. The highest BCUT2D eigenvalue weighted by atomic mass is 16.2. The largest absolute Gasteiger partial charge is 0.331 e. The molecule has 0 aromatic heterocycles. The van der Waals surface area contributed by atoms with Crippen molar-refractivity contribution in [3.8, 4) is 0 Å². The molecule has 43 heavy (non-hydrogen) atoms. The Hall–Kier alpha value is -4.16. The van der Waals surface area contributed by atoms with E-state index < -0.39 is 12.1 Å². The molecule has 0 saturated carbocycles. The van der Waals surface area contributed by atoms with Gasteiger partial charge in [0.1, 0.15) is 12.1 Å². The molecule has 3 saturated heterocycles. The van der Waals surface area contributed by atoms with Gasteiger partial charge in [-0.3, -0.25) is 39.4 Å². The number of hydrogen-bond acceptors (Lipinski definition) is 8. The molecule has 4 aliphatic heterocycles. The molecule has 4 aliphatic rings. The van der Waals surface area contributed by atoms with Gasteiger partial charge in [-0.05, 0) is 63.4 Å². The zero-order valence-electron chi connectivity index (χ0n) is 25.5. The summed E-state index contributed by atoms with van der Waals surface area (Å²) < 4.78 is 0. The fraction of sp³-hybridized carbons (Fsp3) is 0.484. The Bertz CT molecular complexity index is 1270. The van der Waals surface area contributed by atoms with Crippen molar-refractivity contribution in [1.29, 1.82) is 0 Å². The zero-order valence-corrected chi connectivity index (χ0v) is 25.5. The van der Waals surface area contributed by atoms with Gasteiger partial charge in [-0.15, -0.1) is 0 Å². The van der Waals surface area contributed by atoms with Crippen molar-refractivity contribution in [3.63, 3.8) is 0 Å². The summed E-state index contributed by atoms with van der Waals surface area (Å²) >= 11 is 0. The van der Waals surface area contributed by atoms with Crippen molar-refractivity contribution in [3.05, 3.63) is 58.7 Å². The van der Waals surface area contributed by atoms with Crippen LogP contribution in [0, 0.1) is 0 Å². The molecule has 0 bridgehead atoms. The topological polar surface area (TPSA) is 185 Å². The molecule has 2 unspecified atom stereocenters. The third-order valence-electron chi connectivity index (χ3n) is 7.13. The Morgan fingerprint density at radius 1 is 0.791 bits per heavy atom. The van der Waals surface area contributed by atoms with E-state index in [9.17, 15) is 28.8 Å². The molecule has 0 aliphatic carbocycles. The SMILES string of the molecule is C/C=C1/CN(C2CCC(=O)NC2=O)C(=O)/C1=C/C.CCCN.CCN.O=C1CCC(N2Cc3ccccc3C2=O)C(=O)N1. The zero-order chi connectivity index (χ0) is 32.1. The van der Waals surface area contributed by atoms with Gasteiger partial charge in [-0.1, -0.05) is 44.2 Å². The summed E-state index contributed by atoms with van der Waals surface area (Å²) in [6, 6.07) is 6.29. The van der Waals surface area contributed by atoms with Gasteiger partial charge in [-0.2, -0.15) is 0 Å². The van der Waals surface area contributed by atoms with E-state index in [0.29, 0.717) is 37.1 Å². The summed E-state index contributed by atoms with van der Waals surface area (Å²) in [7, 11) is 0. The summed E-state index contributed by atoms with van der Waals surface area (Å²) in [5, 5.41) is 4.56. The van der Waals surface area contributed by atoms with Gasteiger partial charge in [-0.25, -0.2) is 0 Å². The number of benzene rings is 1. The lowest BCUT2D eigenvalue weighted by molar-refractivity contribution is -0.142. The van der Waals surface area contributed by atoms with Crippen molar-refractivity contribution in [2.75, 3.05) is 19.6 Å². The number of nitrogens with one attached hydrogen (secondary N) is 2. The second-order valence-corrected chi connectivity index (χ2v) is 10.2. The van der Waals surface area contributed by atoms with Crippen molar-refractivity contribution < 1.29 is 28.8 Å². The molecule has 12 heteroatoms. The number of piperidine rings is 2. The van der Waals surface area contributed by atoms with Crippen molar-refractivity contribution in [1.82, 2.24) is 20.4 Å². The maximum atomic E-state index is 12.2. The second-order valence-electron chi connectivity index (χ2n) is 10.2. The molecular formula is C31H44N6O6. The van der Waals surface area contributed by atoms with Crippen LogP contribution in [0.25, 0.3) is 0 Å². The van der Waals surface area contributed by atoms with Crippen LogP contribution in [0.5, 0.6) is 0 Å². The summed E-state index contributed by atoms with van der Waals surface area (Å²) in [6.07, 6.45) is 6.14. The van der Waals surface area contributed by atoms with Crippen LogP contribution in [0.15, 0.2) is 47.6 Å². The van der Waals surface area contributed by atoms with E-state index in [0.717, 1.165) is 30.6 Å². The summed E-state index contributed by atoms with van der Waals surface area (Å²) in [5.74, 6) is -1.51. The van der Waals surface area contributed by atoms with Crippen LogP contribution in [-0.4, -0.2) is 77.0 Å². The lowest BCUT2D eigenvalue weighted by Gasteiger charge is -2.29. The Balaban J connectivity index is 0.000000247. The van der Waals surface area contributed by atoms with Gasteiger partial charge in [0.15, 0.2) is 0 Å². The van der Waals surface area contributed by atoms with Gasteiger partial charge in [0, 0.05) is 37.1 Å². The number of amides is 6. The van der Waals surface area contributed by atoms with Gasteiger partial charge < -0.3 is 21.3 Å². The van der Waals surface area contributed by atoms with E-state index in [-0.39, 0.29) is 48.3 Å². The van der Waals surface area contributed by atoms with Crippen LogP contribution < -0.4 is 22.1 Å². The molecule has 4 heterocycles. The predicted octanol–water partition coefficient (Wildman–Crippen LogP) is 1.29. The van der Waals surface area contributed by atoms with Crippen LogP contribution in [0.1, 0.15) is 75.7 Å². The molecule has 234 valence electrons. The number of likely N-dealkylation sites (tertiary alicyclic amines) is 1. The first-order valence-electron chi connectivity index (χ1n) is 14.7. The Labute approximate surface area is 252 Å². The highest BCUT2D eigenvalue weighted by molar-refractivity contribution is 6.07. The Morgan fingerprint density at radius 3 is 1.67 bits per heavy atom. The molecule has 3 fully saturated rings. The normalized spacial score (nSPS) is 23.0. The van der Waals surface area contributed by atoms with E-state index in [4.69, 9.17) is 11.5 Å². The maximum Gasteiger partial charge on any atom is 0.255 e. The smallest absolute Gasteiger partial charge is 0.255 e. The van der Waals surface area contributed by atoms with E-state index >= 15 is 0 Å². The molecular weight excluding hydrogens is 552 g/mol. The van der Waals surface area contributed by atoms with Gasteiger partial charge in [0.2, 0.25) is 23.6 Å². The number of fused-ring (bicyclic) bond motifs is 1. The van der Waals surface area contributed by atoms with Crippen molar-refractivity contribution in [2.24, 2.45) is 11.5 Å². The van der Waals surface area contributed by atoms with Crippen LogP contribution in [0.2, 0.25) is 0 Å². The molecule has 6 amide bonds. The molecule has 5 rings (SSSR count). The van der Waals surface area contributed by atoms with E-state index in [2.05, 4.69) is 17.6 Å². The Kier molecular flexibility index (Phi) is 13.9. The first-order chi connectivity index (χ1) is 20.6. The third-order valence-corrected chi connectivity index (χ3v) is 7.13. The molecule has 1 aromatic carbocycles. The third kappa shape index (κ3) is 8.91. The predicted molar refractivity (Wildman–Crippen MR) is 162 cm³/mol. The lowest BCUT2D eigenvalue weighted by atomic mass is 10.0. The highest BCUT2D eigenvalue weighted by Crippen LogP contribution is 2.28. The summed E-state index contributed by atoms with van der Waals surface area (Å²) in [4.78, 5) is 73.2. The van der Waals surface area contributed by atoms with Gasteiger partial charge >= 0.3 is 0 Å². The summed E-state index contributed by atoms with van der Waals surface area (Å²) in [5.41, 5.74) is 13.1. The molecule has 2 atom stereocenters. The number of carbonyl (C=O) groups is 6. The quantitative estimate of drug-likeness (QED) is 0.297. The molecule has 0 spiro atoms. The standard InChI is InChI=1S/C13H12N2O3.C13H16N2O3.C3H9N.C2H7N/c16-11-6-5-10(12(17)14-11)15-7-8-3-1-2-4-9(8)13(15)18;1-3-8-7-15(13(18)9(8)4-2)10-5-6-11(16)14-12(10)17;1-2-3-4;1-2-3/h1-4,10H,5-7H2,(H,14,16,17);3-4,10H,5-7H2,1-2H3,(H,14,16,17);2-4H2,1H3;2-3H2,1H3/b;8-3-,9-4+;;. The van der Waals surface area contributed by atoms with Crippen molar-refractivity contribution in [2.45, 2.75) is 78.4 Å². The number of carbonyl (C=O) groups excluding carboxylic acids is 6. The minimum absolute atomic E-state index is 0.125. The van der Waals surface area contributed by atoms with Gasteiger partial charge in [0.25, 0.3) is 11.8 Å². The van der Waals surface area contributed by atoms with Crippen LogP contribution in [0.4, 0.5) is 0 Å². The number of hydrogen-bond donors (Lipinski definition) is 4. The number of imide groups is 2. The fourth-order valence-electron chi connectivity index (χ4n) is 4.93. The average Bonchev–Trinajstić information content (AvgIpc) is 3.49. The number of allylic oxidation sites excluding steroid dienone is 2. The first kappa shape index (κ1) is 35.0. The monoisotopic (exact) mass is 596 g/mol. The molecule has 12 nitrogen and oxygen atoms in total. The van der Waals surface area contributed by atoms with E-state index in [1.807, 2.05) is 45.0 Å². The first-order valence-corrected chi connectivity index (χ1v) is 14.7. The minimum Gasteiger partial charge on any atom is -0.331 e. The van der Waals surface area contributed by atoms with Crippen LogP contribution in [0.3, 0.4) is 0 Å². The van der Waals surface area contributed by atoms with Crippen LogP contribution in [-0.2, 0) is 30.5 Å². The van der Waals surface area contributed by atoms with E-state index in [1.165, 1.54) is 0 Å². The Morgan fingerprint density at radius 2 is 1.28 bits per heavy atom. The number of nitrogens with two attached hydrogens (primary N) is 2. The van der Waals surface area contributed by atoms with Crippen molar-refractivity contribution >= 4 is 35.4 Å². The average molecular weight is 597 g/mol. The molecule has 0 radical (unpaired) electrons. The summed E-state index contributed by atoms with van der Waals surface area (Å²) in [6.45, 7) is 10.1. The lowest BCUT2D eigenvalue weighted by Crippen LogP contribution is -2.52. The maximum absolute atomic E-state index is 12.2. The number of nitrogens with zero attached hydrogens (tertiary/aromatic N) is 2. The molecule has 6 N–H and O–H groups in total. The number of rotatable bonds is 3.